The number of carbonyl (C=O) groups is 1. The standard InChI is InChI=1S/C22H16BrCl2N3O2S/c1-11(20(29)27-17-8-15(24)7-16(25)9-17)28-10-26-21-19(22(28)30)18(12(2)31-21)13-3-5-14(23)6-4-13/h3-11H,1-2H3,(H,27,29). The first-order valence-corrected chi connectivity index (χ1v) is 11.6. The third-order valence-corrected chi connectivity index (χ3v) is 6.85. The van der Waals surface area contributed by atoms with Crippen LogP contribution in [-0.2, 0) is 4.79 Å². The molecule has 1 amide bonds. The Kier molecular flexibility index (Phi) is 6.21. The monoisotopic (exact) mass is 535 g/mol. The molecule has 1 unspecified atom stereocenters. The Balaban J connectivity index is 1.75. The molecule has 4 rings (SSSR count). The number of hydrogen-bond acceptors (Lipinski definition) is 4. The van der Waals surface area contributed by atoms with Crippen molar-refractivity contribution in [3.8, 4) is 11.1 Å². The largest absolute Gasteiger partial charge is 0.324 e. The SMILES string of the molecule is Cc1sc2ncn(C(C)C(=O)Nc3cc(Cl)cc(Cl)c3)c(=O)c2c1-c1ccc(Br)cc1. The number of rotatable bonds is 4. The zero-order valence-corrected chi connectivity index (χ0v) is 20.4. The van der Waals surface area contributed by atoms with Crippen LogP contribution in [0.25, 0.3) is 21.3 Å². The summed E-state index contributed by atoms with van der Waals surface area (Å²) in [6.45, 7) is 3.61. The van der Waals surface area contributed by atoms with Crippen LogP contribution in [-0.4, -0.2) is 15.5 Å². The van der Waals surface area contributed by atoms with Crippen LogP contribution in [0.4, 0.5) is 5.69 Å². The molecule has 9 heteroatoms. The van der Waals surface area contributed by atoms with E-state index in [-0.39, 0.29) is 11.5 Å². The normalized spacial score (nSPS) is 12.2. The molecule has 0 aliphatic rings. The molecule has 2 aromatic carbocycles. The Morgan fingerprint density at radius 3 is 2.45 bits per heavy atom. The van der Waals surface area contributed by atoms with Crippen LogP contribution in [0.3, 0.4) is 0 Å². The Morgan fingerprint density at radius 2 is 1.81 bits per heavy atom. The number of amides is 1. The Morgan fingerprint density at radius 1 is 1.16 bits per heavy atom. The summed E-state index contributed by atoms with van der Waals surface area (Å²) in [6, 6.07) is 11.7. The van der Waals surface area contributed by atoms with Gasteiger partial charge in [0.1, 0.15) is 10.9 Å². The van der Waals surface area contributed by atoms with Gasteiger partial charge in [-0.05, 0) is 49.7 Å². The van der Waals surface area contributed by atoms with Crippen molar-refractivity contribution < 1.29 is 4.79 Å². The summed E-state index contributed by atoms with van der Waals surface area (Å²) in [7, 11) is 0. The van der Waals surface area contributed by atoms with Gasteiger partial charge in [0.2, 0.25) is 5.91 Å². The number of benzene rings is 2. The molecule has 158 valence electrons. The lowest BCUT2D eigenvalue weighted by Gasteiger charge is -2.15. The molecular weight excluding hydrogens is 521 g/mol. The van der Waals surface area contributed by atoms with Crippen molar-refractivity contribution in [2.45, 2.75) is 19.9 Å². The van der Waals surface area contributed by atoms with E-state index in [9.17, 15) is 9.59 Å². The van der Waals surface area contributed by atoms with Gasteiger partial charge in [0, 0.05) is 30.6 Å². The van der Waals surface area contributed by atoms with Crippen LogP contribution in [0.2, 0.25) is 10.0 Å². The van der Waals surface area contributed by atoms with Crippen molar-refractivity contribution in [2.24, 2.45) is 0 Å². The van der Waals surface area contributed by atoms with E-state index in [0.29, 0.717) is 25.9 Å². The quantitative estimate of drug-likeness (QED) is 0.315. The third kappa shape index (κ3) is 4.41. The number of anilines is 1. The van der Waals surface area contributed by atoms with Gasteiger partial charge in [-0.15, -0.1) is 11.3 Å². The number of halogens is 3. The maximum Gasteiger partial charge on any atom is 0.263 e. The minimum absolute atomic E-state index is 0.265. The van der Waals surface area contributed by atoms with E-state index in [1.807, 2.05) is 31.2 Å². The number of aryl methyl sites for hydroxylation is 1. The summed E-state index contributed by atoms with van der Waals surface area (Å²) < 4.78 is 2.30. The molecule has 0 saturated carbocycles. The highest BCUT2D eigenvalue weighted by atomic mass is 79.9. The predicted octanol–water partition coefficient (Wildman–Crippen LogP) is 6.70. The topological polar surface area (TPSA) is 64.0 Å². The fraction of sp³-hybridized carbons (Fsp3) is 0.136. The summed E-state index contributed by atoms with van der Waals surface area (Å²) in [4.78, 5) is 32.3. The van der Waals surface area contributed by atoms with Gasteiger partial charge < -0.3 is 5.32 Å². The Bertz CT molecular complexity index is 1350. The van der Waals surface area contributed by atoms with Crippen molar-refractivity contribution in [3.63, 3.8) is 0 Å². The Hall–Kier alpha value is -2.19. The van der Waals surface area contributed by atoms with E-state index < -0.39 is 6.04 Å². The maximum absolute atomic E-state index is 13.4. The van der Waals surface area contributed by atoms with E-state index >= 15 is 0 Å². The van der Waals surface area contributed by atoms with Crippen LogP contribution in [0, 0.1) is 6.92 Å². The second-order valence-electron chi connectivity index (χ2n) is 7.00. The first-order chi connectivity index (χ1) is 14.7. The summed E-state index contributed by atoms with van der Waals surface area (Å²) in [5.74, 6) is -0.376. The van der Waals surface area contributed by atoms with Gasteiger partial charge in [0.25, 0.3) is 5.56 Å². The highest BCUT2D eigenvalue weighted by Crippen LogP contribution is 2.36. The minimum Gasteiger partial charge on any atom is -0.324 e. The van der Waals surface area contributed by atoms with Gasteiger partial charge in [0.05, 0.1) is 11.7 Å². The molecule has 2 heterocycles. The number of thiophene rings is 1. The fourth-order valence-electron chi connectivity index (χ4n) is 3.35. The molecule has 2 aromatic heterocycles. The number of nitrogens with one attached hydrogen (secondary N) is 1. The molecule has 0 aliphatic carbocycles. The summed E-state index contributed by atoms with van der Waals surface area (Å²) in [6.07, 6.45) is 1.42. The third-order valence-electron chi connectivity index (χ3n) is 4.87. The van der Waals surface area contributed by atoms with Gasteiger partial charge in [-0.2, -0.15) is 0 Å². The average molecular weight is 537 g/mol. The van der Waals surface area contributed by atoms with E-state index in [0.717, 1.165) is 20.5 Å². The number of hydrogen-bond donors (Lipinski definition) is 1. The lowest BCUT2D eigenvalue weighted by molar-refractivity contribution is -0.118. The van der Waals surface area contributed by atoms with E-state index in [1.54, 1.807) is 25.1 Å². The van der Waals surface area contributed by atoms with Crippen LogP contribution in [0.5, 0.6) is 0 Å². The molecule has 0 bridgehead atoms. The van der Waals surface area contributed by atoms with Crippen molar-refractivity contribution in [3.05, 3.63) is 78.5 Å². The molecular formula is C22H16BrCl2N3O2S. The maximum atomic E-state index is 13.4. The van der Waals surface area contributed by atoms with Crippen LogP contribution in [0.15, 0.2) is 58.1 Å². The highest BCUT2D eigenvalue weighted by Gasteiger charge is 2.22. The first kappa shape index (κ1) is 22.0. The van der Waals surface area contributed by atoms with Crippen LogP contribution < -0.4 is 10.9 Å². The second-order valence-corrected chi connectivity index (χ2v) is 9.99. The molecule has 1 N–H and O–H groups in total. The smallest absolute Gasteiger partial charge is 0.263 e. The van der Waals surface area contributed by atoms with Gasteiger partial charge >= 0.3 is 0 Å². The molecule has 0 fully saturated rings. The van der Waals surface area contributed by atoms with Gasteiger partial charge in [-0.1, -0.05) is 51.3 Å². The molecule has 0 spiro atoms. The van der Waals surface area contributed by atoms with Crippen molar-refractivity contribution in [1.29, 1.82) is 0 Å². The lowest BCUT2D eigenvalue weighted by atomic mass is 10.0. The van der Waals surface area contributed by atoms with Crippen molar-refractivity contribution in [2.75, 3.05) is 5.32 Å². The molecule has 5 nitrogen and oxygen atoms in total. The van der Waals surface area contributed by atoms with Gasteiger partial charge in [0.15, 0.2) is 0 Å². The van der Waals surface area contributed by atoms with Crippen LogP contribution in [0.1, 0.15) is 17.8 Å². The van der Waals surface area contributed by atoms with Gasteiger partial charge in [-0.25, -0.2) is 4.98 Å². The van der Waals surface area contributed by atoms with Crippen molar-refractivity contribution >= 4 is 72.3 Å². The zero-order chi connectivity index (χ0) is 22.3. The molecule has 0 radical (unpaired) electrons. The van der Waals surface area contributed by atoms with Gasteiger partial charge in [-0.3, -0.25) is 14.2 Å². The summed E-state index contributed by atoms with van der Waals surface area (Å²) in [5.41, 5.74) is 1.96. The van der Waals surface area contributed by atoms with E-state index in [2.05, 4.69) is 26.2 Å². The summed E-state index contributed by atoms with van der Waals surface area (Å²) in [5, 5.41) is 4.08. The molecule has 31 heavy (non-hydrogen) atoms. The average Bonchev–Trinajstić information content (AvgIpc) is 3.04. The first-order valence-electron chi connectivity index (χ1n) is 9.27. The van der Waals surface area contributed by atoms with Crippen LogP contribution >= 0.6 is 50.5 Å². The fourth-order valence-corrected chi connectivity index (χ4v) is 5.15. The molecule has 0 saturated heterocycles. The van der Waals surface area contributed by atoms with Crippen molar-refractivity contribution in [1.82, 2.24) is 9.55 Å². The Labute approximate surface area is 200 Å². The second kappa shape index (κ2) is 8.74. The molecule has 0 aliphatic heterocycles. The number of aromatic nitrogens is 2. The zero-order valence-electron chi connectivity index (χ0n) is 16.4. The highest BCUT2D eigenvalue weighted by molar-refractivity contribution is 9.10. The molecule has 4 aromatic rings. The minimum atomic E-state index is -0.792. The number of fused-ring (bicyclic) bond motifs is 1. The lowest BCUT2D eigenvalue weighted by Crippen LogP contribution is -2.31. The van der Waals surface area contributed by atoms with E-state index in [4.69, 9.17) is 23.2 Å². The summed E-state index contributed by atoms with van der Waals surface area (Å²) >= 11 is 16.9. The molecule has 1 atom stereocenters. The van der Waals surface area contributed by atoms with E-state index in [1.165, 1.54) is 22.2 Å². The number of nitrogens with zero attached hydrogens (tertiary/aromatic N) is 2. The predicted molar refractivity (Wildman–Crippen MR) is 132 cm³/mol. The number of carbonyl (C=O) groups excluding carboxylic acids is 1.